The van der Waals surface area contributed by atoms with Gasteiger partial charge in [0.2, 0.25) is 0 Å². The second-order valence-corrected chi connectivity index (χ2v) is 19.1. The highest BCUT2D eigenvalue weighted by molar-refractivity contribution is 6.06. The minimum atomic E-state index is -0.928. The number of aromatic amines is 1. The van der Waals surface area contributed by atoms with Gasteiger partial charge >= 0.3 is 23.3 Å². The molecule has 4 aromatic heterocycles. The quantitative estimate of drug-likeness (QED) is 0.0469. The van der Waals surface area contributed by atoms with Gasteiger partial charge in [0.05, 0.1) is 37.3 Å². The summed E-state index contributed by atoms with van der Waals surface area (Å²) in [5.74, 6) is -1.88. The maximum Gasteiger partial charge on any atom is 0.351 e. The van der Waals surface area contributed by atoms with Crippen LogP contribution in [-0.4, -0.2) is 146 Å². The Morgan fingerprint density at radius 1 is 0.659 bits per heavy atom. The SMILES string of the molecule is COCC(=O)O[C@H]1C[C@H](n2cnc3c(NC(=O)c4ccccc4)ncnc32)O[C@@H]1COCO[C@H]1C[C@H](n2cc(C)c(=O)[nH]c2=O)O[C@@H]1COCO[C@H]1C[C@H](n2ccc(NC(=O)c3ccccc3)nc2=O)O[C@@H]1COC(=O)c1ccccc1. The Morgan fingerprint density at radius 3 is 1.84 bits per heavy atom. The second-order valence-electron chi connectivity index (χ2n) is 19.1. The number of aryl methyl sites for hydroxylation is 1. The predicted octanol–water partition coefficient (Wildman–Crippen LogP) is 3.44. The average molecular weight is 1130 g/mol. The molecule has 428 valence electrons. The number of carbonyl (C=O) groups excluding carboxylic acids is 4. The van der Waals surface area contributed by atoms with Crippen LogP contribution >= 0.6 is 0 Å². The van der Waals surface area contributed by atoms with E-state index in [0.717, 1.165) is 0 Å². The van der Waals surface area contributed by atoms with E-state index < -0.39 is 96.0 Å². The number of ether oxygens (including phenoxy) is 10. The van der Waals surface area contributed by atoms with Crippen molar-refractivity contribution in [2.75, 3.05) is 57.8 Å². The predicted molar refractivity (Wildman–Crippen MR) is 284 cm³/mol. The fourth-order valence-corrected chi connectivity index (χ4v) is 9.48. The first kappa shape index (κ1) is 56.6. The van der Waals surface area contributed by atoms with E-state index in [4.69, 9.17) is 47.4 Å². The van der Waals surface area contributed by atoms with E-state index in [1.807, 2.05) is 0 Å². The summed E-state index contributed by atoms with van der Waals surface area (Å²) in [4.78, 5) is 110. The average Bonchev–Trinajstić information content (AvgIpc) is 4.12. The number of rotatable bonds is 23. The monoisotopic (exact) mass is 1130 g/mol. The summed E-state index contributed by atoms with van der Waals surface area (Å²) in [6.45, 7) is 0.0231. The molecule has 27 nitrogen and oxygen atoms in total. The van der Waals surface area contributed by atoms with Crippen LogP contribution in [0.2, 0.25) is 0 Å². The first-order chi connectivity index (χ1) is 39.9. The molecule has 3 N–H and O–H groups in total. The van der Waals surface area contributed by atoms with Crippen molar-refractivity contribution < 1.29 is 66.5 Å². The van der Waals surface area contributed by atoms with Crippen molar-refractivity contribution in [3.63, 3.8) is 0 Å². The zero-order chi connectivity index (χ0) is 57.1. The molecule has 7 heterocycles. The number of aromatic nitrogens is 8. The molecule has 2 amide bonds. The molecule has 27 heteroatoms. The summed E-state index contributed by atoms with van der Waals surface area (Å²) < 4.78 is 64.0. The molecular weight excluding hydrogens is 1070 g/mol. The highest BCUT2D eigenvalue weighted by Crippen LogP contribution is 2.35. The number of nitrogens with one attached hydrogen (secondary N) is 3. The standard InChI is InChI=1S/C55H56N10O17/c1-32-23-64(55(72)62-50(32)67)44-21-36(77-31-75-25-40-38(82-46(66)27-73-2)22-45(80-40)65-29-58-47-48(56-28-57-49(47)65)61-52(69)34-14-8-4-9-15-34)39(79-44)24-74-30-78-37-20-43(81-41(37)26-76-53(70)35-16-10-5-11-17-35)63-19-18-42(60-54(63)71)59-51(68)33-12-6-3-7-13-33/h3-19,23,28-29,36-41,43-45H,20-22,24-27,30-31H2,1-2H3,(H,62,67,72)(H,56,57,61,69)(H,59,60,68,71)/t36-,37-,38-,39+,40+,41+,43+,44+,45+/m0/s1. The minimum Gasteiger partial charge on any atom is -0.459 e. The number of esters is 2. The van der Waals surface area contributed by atoms with Gasteiger partial charge in [-0.15, -0.1) is 0 Å². The number of anilines is 2. The van der Waals surface area contributed by atoms with Crippen LogP contribution in [-0.2, 0) is 52.2 Å². The number of hydrogen-bond donors (Lipinski definition) is 3. The Morgan fingerprint density at radius 2 is 1.22 bits per heavy atom. The highest BCUT2D eigenvalue weighted by atomic mass is 16.7. The van der Waals surface area contributed by atoms with Crippen LogP contribution in [0.15, 0.2) is 136 Å². The molecular formula is C55H56N10O17. The highest BCUT2D eigenvalue weighted by Gasteiger charge is 2.42. The lowest BCUT2D eigenvalue weighted by molar-refractivity contribution is -0.169. The summed E-state index contributed by atoms with van der Waals surface area (Å²) >= 11 is 0. The van der Waals surface area contributed by atoms with E-state index in [-0.39, 0.29) is 76.5 Å². The number of nitrogens with zero attached hydrogens (tertiary/aromatic N) is 7. The fraction of sp³-hybridized carbons (Fsp3) is 0.364. The number of benzene rings is 3. The third kappa shape index (κ3) is 13.6. The Kier molecular flexibility index (Phi) is 18.1. The maximum atomic E-state index is 13.4. The Balaban J connectivity index is 0.787. The molecule has 7 aromatic rings. The molecule has 82 heavy (non-hydrogen) atoms. The van der Waals surface area contributed by atoms with Gasteiger partial charge in [-0.3, -0.25) is 33.1 Å². The molecule has 0 aliphatic carbocycles. The lowest BCUT2D eigenvalue weighted by Crippen LogP contribution is -2.34. The van der Waals surface area contributed by atoms with E-state index in [0.29, 0.717) is 27.9 Å². The number of hydrogen-bond acceptors (Lipinski definition) is 21. The lowest BCUT2D eigenvalue weighted by atomic mass is 10.2. The maximum absolute atomic E-state index is 13.4. The van der Waals surface area contributed by atoms with Crippen molar-refractivity contribution >= 4 is 46.6 Å². The molecule has 3 aliphatic heterocycles. The number of fused-ring (bicyclic) bond motifs is 1. The smallest absolute Gasteiger partial charge is 0.351 e. The first-order valence-corrected chi connectivity index (χ1v) is 26.0. The zero-order valence-electron chi connectivity index (χ0n) is 44.2. The van der Waals surface area contributed by atoms with Gasteiger partial charge in [0.15, 0.2) is 17.0 Å². The van der Waals surface area contributed by atoms with Gasteiger partial charge in [-0.05, 0) is 49.4 Å². The molecule has 3 saturated heterocycles. The van der Waals surface area contributed by atoms with Gasteiger partial charge in [-0.1, -0.05) is 54.6 Å². The van der Waals surface area contributed by atoms with Gasteiger partial charge in [-0.25, -0.2) is 34.1 Å². The van der Waals surface area contributed by atoms with Crippen molar-refractivity contribution in [2.45, 2.75) is 81.5 Å². The third-order valence-corrected chi connectivity index (χ3v) is 13.6. The largest absolute Gasteiger partial charge is 0.459 e. The Labute approximate surface area is 465 Å². The minimum absolute atomic E-state index is 0.0277. The molecule has 9 atom stereocenters. The number of carbonyl (C=O) groups is 4. The van der Waals surface area contributed by atoms with Crippen LogP contribution < -0.4 is 27.6 Å². The molecule has 0 saturated carbocycles. The number of H-pyrrole nitrogens is 1. The molecule has 0 unspecified atom stereocenters. The van der Waals surface area contributed by atoms with Crippen molar-refractivity contribution in [1.29, 1.82) is 0 Å². The zero-order valence-corrected chi connectivity index (χ0v) is 44.2. The fourth-order valence-electron chi connectivity index (χ4n) is 9.48. The Hall–Kier alpha value is -8.67. The summed E-state index contributed by atoms with van der Waals surface area (Å²) in [6.07, 6.45) is -1.60. The van der Waals surface area contributed by atoms with Crippen molar-refractivity contribution in [3.8, 4) is 0 Å². The topological polar surface area (TPSA) is 318 Å². The second kappa shape index (κ2) is 26.3. The van der Waals surface area contributed by atoms with Crippen molar-refractivity contribution in [2.24, 2.45) is 0 Å². The summed E-state index contributed by atoms with van der Waals surface area (Å²) in [7, 11) is 1.36. The van der Waals surface area contributed by atoms with E-state index in [1.165, 1.54) is 47.4 Å². The van der Waals surface area contributed by atoms with Gasteiger partial charge < -0.3 is 58.0 Å². The van der Waals surface area contributed by atoms with Crippen LogP contribution in [0.4, 0.5) is 11.6 Å². The normalized spacial score (nSPS) is 22.2. The van der Waals surface area contributed by atoms with Gasteiger partial charge in [-0.2, -0.15) is 4.98 Å². The molecule has 10 rings (SSSR count). The molecule has 3 aromatic carbocycles. The molecule has 3 aliphatic rings. The summed E-state index contributed by atoms with van der Waals surface area (Å²) in [5, 5.41) is 5.40. The van der Waals surface area contributed by atoms with E-state index in [9.17, 15) is 33.6 Å². The van der Waals surface area contributed by atoms with Gasteiger partial charge in [0, 0.05) is 55.5 Å². The van der Waals surface area contributed by atoms with E-state index >= 15 is 0 Å². The van der Waals surface area contributed by atoms with E-state index in [1.54, 1.807) is 102 Å². The molecule has 0 bridgehead atoms. The van der Waals surface area contributed by atoms with Crippen LogP contribution in [0, 0.1) is 6.92 Å². The van der Waals surface area contributed by atoms with Crippen LogP contribution in [0.3, 0.4) is 0 Å². The third-order valence-electron chi connectivity index (χ3n) is 13.6. The number of amides is 2. The molecule has 3 fully saturated rings. The van der Waals surface area contributed by atoms with Crippen LogP contribution in [0.5, 0.6) is 0 Å². The van der Waals surface area contributed by atoms with Crippen molar-refractivity contribution in [1.82, 2.24) is 38.6 Å². The van der Waals surface area contributed by atoms with Crippen LogP contribution in [0.25, 0.3) is 11.2 Å². The molecule has 0 radical (unpaired) electrons. The van der Waals surface area contributed by atoms with Crippen molar-refractivity contribution in [3.05, 3.63) is 176 Å². The summed E-state index contributed by atoms with van der Waals surface area (Å²) in [5.41, 5.74) is 0.0386. The summed E-state index contributed by atoms with van der Waals surface area (Å²) in [6, 6.07) is 26.9. The lowest BCUT2D eigenvalue weighted by Gasteiger charge is -2.22. The number of imidazole rings is 1. The van der Waals surface area contributed by atoms with Gasteiger partial charge in [0.1, 0.15) is 82.0 Å². The number of methoxy groups -OCH3 is 1. The van der Waals surface area contributed by atoms with E-state index in [2.05, 4.69) is 35.6 Å². The first-order valence-electron chi connectivity index (χ1n) is 26.0. The molecule has 0 spiro atoms. The Bertz CT molecular complexity index is 3550. The van der Waals surface area contributed by atoms with Gasteiger partial charge in [0.25, 0.3) is 17.4 Å². The van der Waals surface area contributed by atoms with Crippen LogP contribution in [0.1, 0.15) is 74.6 Å².